The molecule has 2 nitrogen and oxygen atoms in total. The third-order valence-electron chi connectivity index (χ3n) is 1.93. The van der Waals surface area contributed by atoms with Crippen LogP contribution in [0.1, 0.15) is 24.5 Å². The molecule has 0 spiro atoms. The fourth-order valence-corrected chi connectivity index (χ4v) is 1.28. The van der Waals surface area contributed by atoms with E-state index >= 15 is 0 Å². The minimum atomic E-state index is -0.230. The molecule has 0 amide bonds. The molecule has 1 aromatic carbocycles. The van der Waals surface area contributed by atoms with Crippen LogP contribution in [0, 0.1) is 13.8 Å². The van der Waals surface area contributed by atoms with Crippen molar-refractivity contribution in [3.63, 3.8) is 0 Å². The van der Waals surface area contributed by atoms with E-state index in [1.807, 2.05) is 13.8 Å². The zero-order chi connectivity index (χ0) is 10.7. The number of hydrogen-bond acceptors (Lipinski definition) is 2. The first-order valence-corrected chi connectivity index (χ1v) is 4.89. The van der Waals surface area contributed by atoms with Gasteiger partial charge in [-0.1, -0.05) is 18.5 Å². The number of carbonyl (C=O) groups is 1. The molecule has 0 saturated heterocycles. The molecular formula is C11H14ClNaO2. The number of aryl methyl sites for hydroxylation is 2. The van der Waals surface area contributed by atoms with Gasteiger partial charge in [0.25, 0.3) is 0 Å². The van der Waals surface area contributed by atoms with Crippen LogP contribution in [0.3, 0.4) is 0 Å². The van der Waals surface area contributed by atoms with Crippen LogP contribution >= 0.6 is 11.6 Å². The van der Waals surface area contributed by atoms with E-state index in [1.54, 1.807) is 19.1 Å². The van der Waals surface area contributed by atoms with Gasteiger partial charge in [-0.3, -0.25) is 4.79 Å². The maximum atomic E-state index is 11.0. The van der Waals surface area contributed by atoms with Crippen LogP contribution in [0.4, 0.5) is 0 Å². The molecule has 15 heavy (non-hydrogen) atoms. The van der Waals surface area contributed by atoms with Crippen molar-refractivity contribution in [1.82, 2.24) is 0 Å². The fraction of sp³-hybridized carbons (Fsp3) is 0.364. The Morgan fingerprint density at radius 3 is 2.20 bits per heavy atom. The maximum absolute atomic E-state index is 11.0. The first-order valence-electron chi connectivity index (χ1n) is 4.52. The van der Waals surface area contributed by atoms with E-state index in [2.05, 4.69) is 0 Å². The van der Waals surface area contributed by atoms with E-state index in [9.17, 15) is 4.79 Å². The molecule has 0 aliphatic rings. The summed E-state index contributed by atoms with van der Waals surface area (Å²) in [5, 5.41) is 0.723. The van der Waals surface area contributed by atoms with Gasteiger partial charge in [0.05, 0.1) is 0 Å². The summed E-state index contributed by atoms with van der Waals surface area (Å²) in [7, 11) is 0. The SMILES string of the molecule is CCC(=O)Oc1cc(C)c(Cl)c(C)c1.[NaH]. The quantitative estimate of drug-likeness (QED) is 0.448. The van der Waals surface area contributed by atoms with E-state index in [4.69, 9.17) is 16.3 Å². The van der Waals surface area contributed by atoms with Crippen molar-refractivity contribution in [2.24, 2.45) is 0 Å². The molecule has 0 unspecified atom stereocenters. The Bertz CT molecular complexity index is 341. The Hall–Kier alpha value is -0.0200. The molecule has 0 aliphatic heterocycles. The third kappa shape index (κ3) is 4.15. The van der Waals surface area contributed by atoms with Crippen LogP contribution in [-0.2, 0) is 4.79 Å². The second kappa shape index (κ2) is 6.54. The zero-order valence-corrected chi connectivity index (χ0v) is 9.31. The normalized spacial score (nSPS) is 9.33. The molecule has 1 aromatic rings. The molecule has 0 bridgehead atoms. The summed E-state index contributed by atoms with van der Waals surface area (Å²) in [4.78, 5) is 11.0. The van der Waals surface area contributed by atoms with E-state index < -0.39 is 0 Å². The van der Waals surface area contributed by atoms with Crippen molar-refractivity contribution in [2.45, 2.75) is 27.2 Å². The second-order valence-electron chi connectivity index (χ2n) is 3.20. The summed E-state index contributed by atoms with van der Waals surface area (Å²) >= 11 is 5.98. The van der Waals surface area contributed by atoms with Crippen molar-refractivity contribution in [3.05, 3.63) is 28.3 Å². The average molecular weight is 237 g/mol. The summed E-state index contributed by atoms with van der Waals surface area (Å²) in [5.74, 6) is 0.336. The Balaban J connectivity index is 0.00000196. The summed E-state index contributed by atoms with van der Waals surface area (Å²) in [6, 6.07) is 3.53. The van der Waals surface area contributed by atoms with Gasteiger partial charge in [0, 0.05) is 11.4 Å². The second-order valence-corrected chi connectivity index (χ2v) is 3.58. The molecular weight excluding hydrogens is 223 g/mol. The van der Waals surface area contributed by atoms with Crippen LogP contribution in [0.5, 0.6) is 5.75 Å². The summed E-state index contributed by atoms with van der Waals surface area (Å²) in [6.45, 7) is 5.54. The van der Waals surface area contributed by atoms with Crippen LogP contribution in [-0.4, -0.2) is 35.5 Å². The van der Waals surface area contributed by atoms with Gasteiger partial charge in [-0.05, 0) is 37.1 Å². The van der Waals surface area contributed by atoms with Crippen molar-refractivity contribution in [3.8, 4) is 5.75 Å². The molecule has 1 rings (SSSR count). The minimum absolute atomic E-state index is 0. The van der Waals surface area contributed by atoms with Crippen molar-refractivity contribution < 1.29 is 9.53 Å². The van der Waals surface area contributed by atoms with Crippen molar-refractivity contribution in [1.29, 1.82) is 0 Å². The van der Waals surface area contributed by atoms with Gasteiger partial charge >= 0.3 is 35.5 Å². The zero-order valence-electron chi connectivity index (χ0n) is 8.56. The van der Waals surface area contributed by atoms with E-state index in [-0.39, 0.29) is 35.5 Å². The summed E-state index contributed by atoms with van der Waals surface area (Å²) < 4.78 is 5.08. The van der Waals surface area contributed by atoms with Gasteiger partial charge in [-0.25, -0.2) is 0 Å². The van der Waals surface area contributed by atoms with E-state index in [1.165, 1.54) is 0 Å². The number of carbonyl (C=O) groups excluding carboxylic acids is 1. The third-order valence-corrected chi connectivity index (χ3v) is 2.53. The molecule has 0 N–H and O–H groups in total. The van der Waals surface area contributed by atoms with Gasteiger partial charge in [0.15, 0.2) is 0 Å². The summed E-state index contributed by atoms with van der Waals surface area (Å²) in [5.41, 5.74) is 1.84. The molecule has 0 aromatic heterocycles. The Morgan fingerprint density at radius 2 is 1.80 bits per heavy atom. The van der Waals surface area contributed by atoms with Crippen molar-refractivity contribution >= 4 is 47.1 Å². The van der Waals surface area contributed by atoms with Crippen LogP contribution in [0.25, 0.3) is 0 Å². The standard InChI is InChI=1S/C11H13ClO2.Na.H/c1-4-10(13)14-9-5-7(2)11(12)8(3)6-9;;/h5-6H,4H2,1-3H3;;. The molecule has 0 saturated carbocycles. The predicted octanol–water partition coefficient (Wildman–Crippen LogP) is 2.62. The average Bonchev–Trinajstić information content (AvgIpc) is 2.14. The molecule has 0 radical (unpaired) electrons. The van der Waals surface area contributed by atoms with Gasteiger partial charge in [0.1, 0.15) is 5.75 Å². The van der Waals surface area contributed by atoms with Crippen LogP contribution < -0.4 is 4.74 Å². The topological polar surface area (TPSA) is 26.3 Å². The molecule has 78 valence electrons. The van der Waals surface area contributed by atoms with E-state index in [0.717, 1.165) is 16.1 Å². The molecule has 0 fully saturated rings. The monoisotopic (exact) mass is 236 g/mol. The first kappa shape index (κ1) is 15.0. The molecule has 4 heteroatoms. The number of ether oxygens (including phenoxy) is 1. The number of esters is 1. The van der Waals surface area contributed by atoms with Crippen molar-refractivity contribution in [2.75, 3.05) is 0 Å². The van der Waals surface area contributed by atoms with Crippen LogP contribution in [0.15, 0.2) is 12.1 Å². The Kier molecular flexibility index (Phi) is 6.53. The molecule has 0 aliphatic carbocycles. The summed E-state index contributed by atoms with van der Waals surface area (Å²) in [6.07, 6.45) is 0.376. The van der Waals surface area contributed by atoms with E-state index in [0.29, 0.717) is 12.2 Å². The van der Waals surface area contributed by atoms with Gasteiger partial charge < -0.3 is 4.74 Å². The number of hydrogen-bond donors (Lipinski definition) is 0. The van der Waals surface area contributed by atoms with Gasteiger partial charge in [0.2, 0.25) is 0 Å². The Labute approximate surface area is 117 Å². The van der Waals surface area contributed by atoms with Crippen LogP contribution in [0.2, 0.25) is 5.02 Å². The number of halogens is 1. The number of benzene rings is 1. The predicted molar refractivity (Wildman–Crippen MR) is 64.0 cm³/mol. The molecule has 0 atom stereocenters. The van der Waals surface area contributed by atoms with Gasteiger partial charge in [-0.15, -0.1) is 0 Å². The fourth-order valence-electron chi connectivity index (χ4n) is 1.17. The molecule has 0 heterocycles. The number of rotatable bonds is 2. The first-order chi connectivity index (χ1) is 6.54. The van der Waals surface area contributed by atoms with Gasteiger partial charge in [-0.2, -0.15) is 0 Å². The Morgan fingerprint density at radius 1 is 1.33 bits per heavy atom.